The Balaban J connectivity index is 1.29. The van der Waals surface area contributed by atoms with Crippen LogP contribution < -0.4 is 0 Å². The topological polar surface area (TPSA) is 33.2 Å². The van der Waals surface area contributed by atoms with Gasteiger partial charge in [-0.15, -0.1) is 11.3 Å². The molecule has 6 rings (SSSR count). The van der Waals surface area contributed by atoms with E-state index in [4.69, 9.17) is 0 Å². The van der Waals surface area contributed by atoms with Crippen LogP contribution in [0.25, 0.3) is 10.2 Å². The molecule has 26 heavy (non-hydrogen) atoms. The van der Waals surface area contributed by atoms with E-state index in [0.717, 1.165) is 28.8 Å². The third-order valence-electron chi connectivity index (χ3n) is 6.77. The Morgan fingerprint density at radius 1 is 1.27 bits per heavy atom. The first-order valence-corrected chi connectivity index (χ1v) is 11.3. The summed E-state index contributed by atoms with van der Waals surface area (Å²) < 4.78 is 1.52. The molecule has 1 heterocycles. The van der Waals surface area contributed by atoms with Crippen LogP contribution in [-0.4, -0.2) is 27.2 Å². The second-order valence-corrected chi connectivity index (χ2v) is 11.9. The van der Waals surface area contributed by atoms with Crippen LogP contribution in [0.15, 0.2) is 24.3 Å². The SMILES string of the molecule is CN(Cc1nc2ccccc2s1)C(=O)CC12CC3CC(CC(Br)(C3)C1)C2. The van der Waals surface area contributed by atoms with Crippen molar-refractivity contribution in [2.75, 3.05) is 7.05 Å². The van der Waals surface area contributed by atoms with Crippen molar-refractivity contribution in [3.05, 3.63) is 29.3 Å². The van der Waals surface area contributed by atoms with Crippen LogP contribution in [0.3, 0.4) is 0 Å². The molecule has 4 bridgehead atoms. The lowest BCUT2D eigenvalue weighted by Gasteiger charge is -2.60. The number of amides is 1. The lowest BCUT2D eigenvalue weighted by molar-refractivity contribution is -0.137. The number of hydrogen-bond acceptors (Lipinski definition) is 3. The molecule has 1 aromatic carbocycles. The highest BCUT2D eigenvalue weighted by atomic mass is 79.9. The fourth-order valence-corrected chi connectivity index (χ4v) is 8.81. The molecule has 1 aromatic heterocycles. The van der Waals surface area contributed by atoms with Gasteiger partial charge in [0.15, 0.2) is 0 Å². The van der Waals surface area contributed by atoms with Crippen LogP contribution in [-0.2, 0) is 11.3 Å². The van der Waals surface area contributed by atoms with Crippen molar-refractivity contribution in [2.45, 2.75) is 55.8 Å². The van der Waals surface area contributed by atoms with Crippen LogP contribution in [0.5, 0.6) is 0 Å². The van der Waals surface area contributed by atoms with Crippen molar-refractivity contribution >= 4 is 43.4 Å². The number of alkyl halides is 1. The Kier molecular flexibility index (Phi) is 3.98. The summed E-state index contributed by atoms with van der Waals surface area (Å²) in [7, 11) is 1.94. The fourth-order valence-electron chi connectivity index (χ4n) is 6.28. The number of rotatable bonds is 4. The van der Waals surface area contributed by atoms with Gasteiger partial charge in [-0.05, 0) is 67.9 Å². The zero-order valence-electron chi connectivity index (χ0n) is 15.2. The Hall–Kier alpha value is -0.940. The molecule has 3 nitrogen and oxygen atoms in total. The normalized spacial score (nSPS) is 35.2. The maximum Gasteiger partial charge on any atom is 0.223 e. The van der Waals surface area contributed by atoms with Crippen LogP contribution in [0.2, 0.25) is 0 Å². The van der Waals surface area contributed by atoms with Crippen LogP contribution in [0.1, 0.15) is 50.0 Å². The summed E-state index contributed by atoms with van der Waals surface area (Å²) in [5.74, 6) is 1.96. The van der Waals surface area contributed by atoms with E-state index in [-0.39, 0.29) is 5.41 Å². The zero-order valence-corrected chi connectivity index (χ0v) is 17.6. The summed E-state index contributed by atoms with van der Waals surface area (Å²) in [6.07, 6.45) is 8.46. The van der Waals surface area contributed by atoms with E-state index in [2.05, 4.69) is 27.0 Å². The molecule has 0 saturated heterocycles. The molecule has 4 fully saturated rings. The highest BCUT2D eigenvalue weighted by Crippen LogP contribution is 2.65. The van der Waals surface area contributed by atoms with Gasteiger partial charge in [0.25, 0.3) is 0 Å². The van der Waals surface area contributed by atoms with E-state index in [1.807, 2.05) is 30.1 Å². The van der Waals surface area contributed by atoms with Gasteiger partial charge in [0.1, 0.15) is 5.01 Å². The molecular weight excluding hydrogens is 408 g/mol. The molecule has 2 aromatic rings. The number of carbonyl (C=O) groups excluding carboxylic acids is 1. The van der Waals surface area contributed by atoms with Crippen molar-refractivity contribution < 1.29 is 4.79 Å². The maximum absolute atomic E-state index is 13.0. The van der Waals surface area contributed by atoms with Gasteiger partial charge in [0.2, 0.25) is 5.91 Å². The average molecular weight is 433 g/mol. The lowest BCUT2D eigenvalue weighted by Crippen LogP contribution is -2.54. The van der Waals surface area contributed by atoms with E-state index in [0.29, 0.717) is 16.8 Å². The Bertz CT molecular complexity index is 816. The number of thiazole rings is 1. The van der Waals surface area contributed by atoms with E-state index in [1.54, 1.807) is 11.3 Å². The average Bonchev–Trinajstić information content (AvgIpc) is 2.94. The summed E-state index contributed by atoms with van der Waals surface area (Å²) in [5.41, 5.74) is 1.28. The third kappa shape index (κ3) is 3.01. The molecule has 4 aliphatic rings. The van der Waals surface area contributed by atoms with Gasteiger partial charge in [-0.1, -0.05) is 28.1 Å². The van der Waals surface area contributed by atoms with Gasteiger partial charge in [-0.3, -0.25) is 4.79 Å². The van der Waals surface area contributed by atoms with Gasteiger partial charge >= 0.3 is 0 Å². The van der Waals surface area contributed by atoms with Gasteiger partial charge in [-0.25, -0.2) is 4.98 Å². The summed E-state index contributed by atoms with van der Waals surface area (Å²) in [6, 6.07) is 8.21. The first-order valence-electron chi connectivity index (χ1n) is 9.69. The molecule has 5 heteroatoms. The first kappa shape index (κ1) is 17.2. The number of hydrogen-bond donors (Lipinski definition) is 0. The number of para-hydroxylation sites is 1. The molecule has 2 unspecified atom stereocenters. The van der Waals surface area contributed by atoms with Crippen LogP contribution in [0.4, 0.5) is 0 Å². The second kappa shape index (κ2) is 6.03. The minimum absolute atomic E-state index is 0.243. The molecular formula is C21H25BrN2OS. The van der Waals surface area contributed by atoms with E-state index in [1.165, 1.54) is 43.2 Å². The summed E-state index contributed by atoms with van der Waals surface area (Å²) in [5, 5.41) is 1.03. The number of nitrogens with zero attached hydrogens (tertiary/aromatic N) is 2. The van der Waals surface area contributed by atoms with Gasteiger partial charge in [-0.2, -0.15) is 0 Å². The van der Waals surface area contributed by atoms with Crippen molar-refractivity contribution in [1.82, 2.24) is 9.88 Å². The molecule has 4 saturated carbocycles. The highest BCUT2D eigenvalue weighted by molar-refractivity contribution is 9.10. The standard InChI is InChI=1S/C21H25BrN2OS/c1-24(12-18-23-16-4-2-3-5-17(16)26-18)19(25)11-20-7-14-6-15(8-20)10-21(22,9-14)13-20/h2-5,14-15H,6-13H2,1H3. The minimum Gasteiger partial charge on any atom is -0.339 e. The summed E-state index contributed by atoms with van der Waals surface area (Å²) in [6.45, 7) is 0.626. The largest absolute Gasteiger partial charge is 0.339 e. The molecule has 0 aliphatic heterocycles. The fraction of sp³-hybridized carbons (Fsp3) is 0.619. The molecule has 1 amide bonds. The second-order valence-electron chi connectivity index (χ2n) is 9.11. The predicted molar refractivity (Wildman–Crippen MR) is 109 cm³/mol. The smallest absolute Gasteiger partial charge is 0.223 e. The van der Waals surface area contributed by atoms with Crippen LogP contribution in [0, 0.1) is 17.3 Å². The number of halogens is 1. The molecule has 0 radical (unpaired) electrons. The zero-order chi connectivity index (χ0) is 17.9. The van der Waals surface area contributed by atoms with Crippen molar-refractivity contribution in [2.24, 2.45) is 17.3 Å². The predicted octanol–water partition coefficient (Wildman–Crippen LogP) is 5.38. The van der Waals surface area contributed by atoms with Crippen molar-refractivity contribution in [1.29, 1.82) is 0 Å². The molecule has 2 atom stereocenters. The van der Waals surface area contributed by atoms with Crippen molar-refractivity contribution in [3.8, 4) is 0 Å². The highest BCUT2D eigenvalue weighted by Gasteiger charge is 2.57. The van der Waals surface area contributed by atoms with Crippen molar-refractivity contribution in [3.63, 3.8) is 0 Å². The maximum atomic E-state index is 13.0. The van der Waals surface area contributed by atoms with E-state index in [9.17, 15) is 4.79 Å². The van der Waals surface area contributed by atoms with E-state index < -0.39 is 0 Å². The Morgan fingerprint density at radius 3 is 2.69 bits per heavy atom. The van der Waals surface area contributed by atoms with E-state index >= 15 is 0 Å². The number of benzene rings is 1. The molecule has 0 spiro atoms. The summed E-state index contributed by atoms with van der Waals surface area (Å²) in [4.78, 5) is 19.6. The number of carbonyl (C=O) groups is 1. The van der Waals surface area contributed by atoms with Gasteiger partial charge in [0, 0.05) is 17.8 Å². The first-order chi connectivity index (χ1) is 12.4. The Morgan fingerprint density at radius 2 is 2.00 bits per heavy atom. The number of aromatic nitrogens is 1. The lowest BCUT2D eigenvalue weighted by atomic mass is 9.48. The third-order valence-corrected chi connectivity index (χ3v) is 8.72. The summed E-state index contributed by atoms with van der Waals surface area (Å²) >= 11 is 5.76. The van der Waals surface area contributed by atoms with Gasteiger partial charge < -0.3 is 4.90 Å². The van der Waals surface area contributed by atoms with Gasteiger partial charge in [0.05, 0.1) is 16.8 Å². The Labute approximate surface area is 167 Å². The molecule has 138 valence electrons. The minimum atomic E-state index is 0.243. The number of fused-ring (bicyclic) bond motifs is 1. The molecule has 4 aliphatic carbocycles. The monoisotopic (exact) mass is 432 g/mol. The quantitative estimate of drug-likeness (QED) is 0.607. The molecule has 0 N–H and O–H groups in total. The van der Waals surface area contributed by atoms with Crippen LogP contribution >= 0.6 is 27.3 Å².